The number of rotatable bonds is 2. The van der Waals surface area contributed by atoms with Gasteiger partial charge in [-0.25, -0.2) is 4.79 Å². The van der Waals surface area contributed by atoms with E-state index in [0.717, 1.165) is 49.4 Å². The second-order valence-electron chi connectivity index (χ2n) is 7.23. The predicted molar refractivity (Wildman–Crippen MR) is 118 cm³/mol. The van der Waals surface area contributed by atoms with Crippen molar-refractivity contribution in [3.05, 3.63) is 84.4 Å². The summed E-state index contributed by atoms with van der Waals surface area (Å²) >= 11 is 0. The van der Waals surface area contributed by atoms with Crippen molar-refractivity contribution in [3.63, 3.8) is 0 Å². The molecular weight excluding hydrogens is 376 g/mol. The van der Waals surface area contributed by atoms with Crippen LogP contribution in [0.3, 0.4) is 0 Å². The molecule has 0 spiro atoms. The van der Waals surface area contributed by atoms with Crippen molar-refractivity contribution >= 4 is 49.8 Å². The molecule has 4 aromatic carbocycles. The van der Waals surface area contributed by atoms with Crippen LogP contribution in [-0.2, 0) is 4.74 Å². The van der Waals surface area contributed by atoms with Crippen LogP contribution in [0, 0.1) is 0 Å². The Morgan fingerprint density at radius 2 is 1.40 bits per heavy atom. The fourth-order valence-electron chi connectivity index (χ4n) is 4.32. The molecule has 0 amide bonds. The molecule has 0 saturated heterocycles. The van der Waals surface area contributed by atoms with Gasteiger partial charge >= 0.3 is 5.97 Å². The Morgan fingerprint density at radius 1 is 0.700 bits per heavy atom. The highest BCUT2D eigenvalue weighted by Gasteiger charge is 2.23. The van der Waals surface area contributed by atoms with Crippen molar-refractivity contribution in [1.29, 1.82) is 0 Å². The van der Waals surface area contributed by atoms with Crippen LogP contribution in [0.25, 0.3) is 55.0 Å². The Balaban J connectivity index is 1.83. The van der Waals surface area contributed by atoms with Gasteiger partial charge in [-0.15, -0.1) is 0 Å². The quantitative estimate of drug-likeness (QED) is 0.300. The van der Waals surface area contributed by atoms with Crippen molar-refractivity contribution < 1.29 is 18.4 Å². The lowest BCUT2D eigenvalue weighted by Gasteiger charge is -2.10. The summed E-state index contributed by atoms with van der Waals surface area (Å²) in [6.45, 7) is 0. The molecule has 0 unspecified atom stereocenters. The molecule has 2 aromatic heterocycles. The number of furan rings is 2. The zero-order valence-corrected chi connectivity index (χ0v) is 16.1. The fraction of sp³-hybridized carbons (Fsp3) is 0.0385. The van der Waals surface area contributed by atoms with E-state index in [1.807, 2.05) is 72.8 Å². The summed E-state index contributed by atoms with van der Waals surface area (Å²) in [6, 6.07) is 25.4. The van der Waals surface area contributed by atoms with E-state index >= 15 is 0 Å². The lowest BCUT2D eigenvalue weighted by atomic mass is 9.93. The van der Waals surface area contributed by atoms with Crippen LogP contribution in [0.5, 0.6) is 0 Å². The van der Waals surface area contributed by atoms with Crippen LogP contribution in [0.2, 0.25) is 0 Å². The molecule has 6 aromatic rings. The Morgan fingerprint density at radius 3 is 2.20 bits per heavy atom. The van der Waals surface area contributed by atoms with E-state index in [1.165, 1.54) is 7.11 Å². The summed E-state index contributed by atoms with van der Waals surface area (Å²) in [7, 11) is 1.39. The summed E-state index contributed by atoms with van der Waals surface area (Å²) in [4.78, 5) is 12.7. The van der Waals surface area contributed by atoms with E-state index in [1.54, 1.807) is 6.07 Å². The van der Waals surface area contributed by atoms with Crippen LogP contribution >= 0.6 is 0 Å². The molecule has 0 atom stereocenters. The highest BCUT2D eigenvalue weighted by Crippen LogP contribution is 2.43. The highest BCUT2D eigenvalue weighted by atomic mass is 16.5. The third-order valence-corrected chi connectivity index (χ3v) is 5.62. The van der Waals surface area contributed by atoms with Crippen molar-refractivity contribution in [3.8, 4) is 11.1 Å². The number of carbonyl (C=O) groups excluding carboxylic acids is 1. The Labute approximate surface area is 171 Å². The molecule has 6 rings (SSSR count). The van der Waals surface area contributed by atoms with Gasteiger partial charge in [0.05, 0.1) is 12.7 Å². The third-order valence-electron chi connectivity index (χ3n) is 5.62. The molecule has 0 saturated carbocycles. The maximum atomic E-state index is 12.7. The average molecular weight is 392 g/mol. The predicted octanol–water partition coefficient (Wildman–Crippen LogP) is 6.94. The maximum absolute atomic E-state index is 12.7. The number of esters is 1. The summed E-state index contributed by atoms with van der Waals surface area (Å²) < 4.78 is 17.4. The first-order valence-electron chi connectivity index (χ1n) is 9.69. The minimum Gasteiger partial charge on any atom is -0.465 e. The standard InChI is InChI=1S/C26H16O4/c1-28-26(27)19-13-14-22-24(17-8-3-5-12-21(17)29-22)23(19)18-10-6-9-16-15-7-2-4-11-20(15)30-25(16)18/h2-14H,1H3. The largest absolute Gasteiger partial charge is 0.465 e. The van der Waals surface area contributed by atoms with Gasteiger partial charge in [0.1, 0.15) is 22.3 Å². The van der Waals surface area contributed by atoms with Crippen LogP contribution in [0.1, 0.15) is 10.4 Å². The van der Waals surface area contributed by atoms with Gasteiger partial charge < -0.3 is 13.6 Å². The lowest BCUT2D eigenvalue weighted by molar-refractivity contribution is 0.0602. The molecule has 4 heteroatoms. The summed E-state index contributed by atoms with van der Waals surface area (Å²) in [6.07, 6.45) is 0. The molecule has 0 bridgehead atoms. The third kappa shape index (κ3) is 2.25. The minimum absolute atomic E-state index is 0.398. The van der Waals surface area contributed by atoms with E-state index < -0.39 is 5.97 Å². The molecule has 0 aliphatic heterocycles. The zero-order valence-electron chi connectivity index (χ0n) is 16.1. The molecule has 2 heterocycles. The summed E-state index contributed by atoms with van der Waals surface area (Å²) in [5, 5.41) is 3.87. The first kappa shape index (κ1) is 16.9. The fourth-order valence-corrected chi connectivity index (χ4v) is 4.32. The van der Waals surface area contributed by atoms with E-state index in [0.29, 0.717) is 11.1 Å². The molecule has 0 aliphatic rings. The Bertz CT molecular complexity index is 1600. The van der Waals surface area contributed by atoms with Crippen LogP contribution in [0.15, 0.2) is 87.7 Å². The van der Waals surface area contributed by atoms with E-state index in [2.05, 4.69) is 0 Å². The molecule has 0 fully saturated rings. The van der Waals surface area contributed by atoms with Gasteiger partial charge in [-0.3, -0.25) is 0 Å². The zero-order chi connectivity index (χ0) is 20.2. The number of hydrogen-bond acceptors (Lipinski definition) is 4. The summed E-state index contributed by atoms with van der Waals surface area (Å²) in [5.74, 6) is -0.398. The molecule has 0 aliphatic carbocycles. The molecule has 4 nitrogen and oxygen atoms in total. The molecule has 0 radical (unpaired) electrons. The van der Waals surface area contributed by atoms with E-state index in [9.17, 15) is 4.79 Å². The van der Waals surface area contributed by atoms with Crippen molar-refractivity contribution in [1.82, 2.24) is 0 Å². The van der Waals surface area contributed by atoms with E-state index in [-0.39, 0.29) is 0 Å². The second-order valence-corrected chi connectivity index (χ2v) is 7.23. The Kier molecular flexibility index (Phi) is 3.50. The Hall–Kier alpha value is -4.05. The van der Waals surface area contributed by atoms with Gasteiger partial charge in [-0.1, -0.05) is 54.6 Å². The number of methoxy groups -OCH3 is 1. The van der Waals surface area contributed by atoms with Gasteiger partial charge in [0.25, 0.3) is 0 Å². The number of para-hydroxylation sites is 3. The number of ether oxygens (including phenoxy) is 1. The minimum atomic E-state index is -0.398. The number of carbonyl (C=O) groups is 1. The first-order valence-corrected chi connectivity index (χ1v) is 9.69. The first-order chi connectivity index (χ1) is 14.8. The van der Waals surface area contributed by atoms with Gasteiger partial charge in [0, 0.05) is 32.7 Å². The molecular formula is C26H16O4. The van der Waals surface area contributed by atoms with Crippen molar-refractivity contribution in [2.24, 2.45) is 0 Å². The summed E-state index contributed by atoms with van der Waals surface area (Å²) in [5.41, 5.74) is 5.10. The maximum Gasteiger partial charge on any atom is 0.338 e. The van der Waals surface area contributed by atoms with Gasteiger partial charge in [0.2, 0.25) is 0 Å². The van der Waals surface area contributed by atoms with E-state index in [4.69, 9.17) is 13.6 Å². The van der Waals surface area contributed by atoms with Crippen LogP contribution < -0.4 is 0 Å². The van der Waals surface area contributed by atoms with Gasteiger partial charge in [-0.2, -0.15) is 0 Å². The number of benzene rings is 4. The number of hydrogen-bond donors (Lipinski definition) is 0. The average Bonchev–Trinajstić information content (AvgIpc) is 3.36. The van der Waals surface area contributed by atoms with Crippen LogP contribution in [0.4, 0.5) is 0 Å². The van der Waals surface area contributed by atoms with Crippen LogP contribution in [-0.4, -0.2) is 13.1 Å². The van der Waals surface area contributed by atoms with Gasteiger partial charge in [0.15, 0.2) is 0 Å². The normalized spacial score (nSPS) is 11.6. The monoisotopic (exact) mass is 392 g/mol. The van der Waals surface area contributed by atoms with Crippen molar-refractivity contribution in [2.75, 3.05) is 7.11 Å². The SMILES string of the molecule is COC(=O)c1ccc2oc3ccccc3c2c1-c1cccc2c1oc1ccccc12. The highest BCUT2D eigenvalue weighted by molar-refractivity contribution is 6.20. The molecule has 0 N–H and O–H groups in total. The number of fused-ring (bicyclic) bond motifs is 6. The topological polar surface area (TPSA) is 52.6 Å². The molecule has 144 valence electrons. The lowest BCUT2D eigenvalue weighted by Crippen LogP contribution is -2.04. The smallest absolute Gasteiger partial charge is 0.338 e. The second kappa shape index (κ2) is 6.22. The molecule has 30 heavy (non-hydrogen) atoms. The van der Waals surface area contributed by atoms with Crippen molar-refractivity contribution in [2.45, 2.75) is 0 Å². The van der Waals surface area contributed by atoms with Gasteiger partial charge in [-0.05, 0) is 24.3 Å².